The topological polar surface area (TPSA) is 0 Å². The Hall–Kier alpha value is -2.42. The van der Waals surface area contributed by atoms with Crippen LogP contribution < -0.4 is 0 Å². The molecule has 0 spiro atoms. The van der Waals surface area contributed by atoms with E-state index in [0.29, 0.717) is 0 Å². The normalized spacial score (nSPS) is 11.6. The van der Waals surface area contributed by atoms with Crippen LogP contribution in [0.3, 0.4) is 0 Å². The summed E-state index contributed by atoms with van der Waals surface area (Å²) >= 11 is 3.98. The molecular weight excluding hydrogens is 448 g/mol. The highest BCUT2D eigenvalue weighted by Crippen LogP contribution is 2.47. The van der Waals surface area contributed by atoms with Gasteiger partial charge in [-0.3, -0.25) is 0 Å². The molecule has 0 N–H and O–H groups in total. The second kappa shape index (κ2) is 10.9. The summed E-state index contributed by atoms with van der Waals surface area (Å²) in [5.74, 6) is 0. The van der Waals surface area contributed by atoms with Crippen molar-refractivity contribution in [3.8, 4) is 20.9 Å². The zero-order chi connectivity index (χ0) is 23.3. The van der Waals surface area contributed by atoms with Crippen LogP contribution in [0, 0.1) is 0 Å². The third-order valence-electron chi connectivity index (χ3n) is 6.86. The highest BCUT2D eigenvalue weighted by Gasteiger charge is 2.20. The van der Waals surface area contributed by atoms with Gasteiger partial charge in [0.15, 0.2) is 0 Å². The second-order valence-corrected chi connectivity index (χ2v) is 11.4. The lowest BCUT2D eigenvalue weighted by molar-refractivity contribution is 0.698. The number of fused-ring (bicyclic) bond motifs is 3. The molecule has 0 unspecified atom stereocenters. The van der Waals surface area contributed by atoms with Gasteiger partial charge in [-0.05, 0) is 70.8 Å². The lowest BCUT2D eigenvalue weighted by atomic mass is 9.91. The summed E-state index contributed by atoms with van der Waals surface area (Å²) in [6, 6.07) is 26.9. The highest BCUT2D eigenvalue weighted by atomic mass is 32.1. The molecule has 2 heterocycles. The van der Waals surface area contributed by atoms with Crippen molar-refractivity contribution >= 4 is 42.8 Å². The first kappa shape index (κ1) is 23.3. The van der Waals surface area contributed by atoms with Gasteiger partial charge >= 0.3 is 0 Å². The minimum absolute atomic E-state index is 1.20. The average molecular weight is 483 g/mol. The van der Waals surface area contributed by atoms with E-state index in [0.717, 1.165) is 0 Å². The van der Waals surface area contributed by atoms with Crippen LogP contribution in [0.5, 0.6) is 0 Å². The van der Waals surface area contributed by atoms with Gasteiger partial charge in [0.1, 0.15) is 0 Å². The Morgan fingerprint density at radius 2 is 0.941 bits per heavy atom. The van der Waals surface area contributed by atoms with E-state index < -0.39 is 0 Å². The van der Waals surface area contributed by atoms with Gasteiger partial charge in [-0.1, -0.05) is 100 Å². The molecule has 0 nitrogen and oxygen atoms in total. The molecule has 2 aromatic heterocycles. The van der Waals surface area contributed by atoms with Crippen molar-refractivity contribution in [2.45, 2.75) is 65.2 Å². The summed E-state index contributed by atoms with van der Waals surface area (Å²) in [4.78, 5) is 2.79. The van der Waals surface area contributed by atoms with Crippen molar-refractivity contribution in [3.63, 3.8) is 0 Å². The quantitative estimate of drug-likeness (QED) is 0.174. The maximum absolute atomic E-state index is 2.50. The Morgan fingerprint density at radius 3 is 1.32 bits per heavy atom. The van der Waals surface area contributed by atoms with Crippen LogP contribution in [0.4, 0.5) is 0 Å². The van der Waals surface area contributed by atoms with Crippen LogP contribution in [0.15, 0.2) is 72.8 Å². The van der Waals surface area contributed by atoms with E-state index in [1.54, 1.807) is 11.1 Å². The maximum atomic E-state index is 2.50. The minimum Gasteiger partial charge on any atom is -0.134 e. The zero-order valence-corrected chi connectivity index (χ0v) is 22.0. The smallest absolute Gasteiger partial charge is 0.0530 e. The lowest BCUT2D eigenvalue weighted by Crippen LogP contribution is -1.97. The largest absolute Gasteiger partial charge is 0.134 e. The van der Waals surface area contributed by atoms with Crippen molar-refractivity contribution in [1.29, 1.82) is 0 Å². The van der Waals surface area contributed by atoms with Gasteiger partial charge in [-0.25, -0.2) is 0 Å². The van der Waals surface area contributed by atoms with Crippen molar-refractivity contribution in [1.82, 2.24) is 0 Å². The highest BCUT2D eigenvalue weighted by molar-refractivity contribution is 7.30. The van der Waals surface area contributed by atoms with Gasteiger partial charge in [0, 0.05) is 9.75 Å². The van der Waals surface area contributed by atoms with Crippen LogP contribution >= 0.6 is 22.7 Å². The second-order valence-electron chi connectivity index (χ2n) is 9.31. The Morgan fingerprint density at radius 1 is 0.529 bits per heavy atom. The third-order valence-corrected chi connectivity index (χ3v) is 9.39. The van der Waals surface area contributed by atoms with Gasteiger partial charge in [0.05, 0.1) is 9.40 Å². The molecule has 0 fully saturated rings. The van der Waals surface area contributed by atoms with E-state index in [4.69, 9.17) is 0 Å². The number of hydrogen-bond donors (Lipinski definition) is 0. The Kier molecular flexibility index (Phi) is 7.47. The van der Waals surface area contributed by atoms with Crippen LogP contribution in [0.1, 0.15) is 63.5 Å². The third kappa shape index (κ3) is 4.72. The molecule has 174 valence electrons. The van der Waals surface area contributed by atoms with E-state index >= 15 is 0 Å². The number of unbranched alkanes of at least 4 members (excludes halogenated alkanes) is 4. The molecule has 0 radical (unpaired) electrons. The van der Waals surface area contributed by atoms with E-state index in [1.807, 2.05) is 22.7 Å². The lowest BCUT2D eigenvalue weighted by Gasteiger charge is -2.14. The van der Waals surface area contributed by atoms with Crippen molar-refractivity contribution in [3.05, 3.63) is 83.9 Å². The van der Waals surface area contributed by atoms with Crippen LogP contribution in [-0.2, 0) is 12.8 Å². The molecule has 5 aromatic rings. The van der Waals surface area contributed by atoms with E-state index in [-0.39, 0.29) is 0 Å². The molecule has 0 aliphatic rings. The fraction of sp³-hybridized carbons (Fsp3) is 0.312. The minimum atomic E-state index is 1.20. The zero-order valence-electron chi connectivity index (χ0n) is 20.4. The number of rotatable bonds is 10. The Balaban J connectivity index is 1.75. The summed E-state index contributed by atoms with van der Waals surface area (Å²) < 4.78 is 2.98. The first-order valence-corrected chi connectivity index (χ1v) is 14.5. The molecule has 3 aromatic carbocycles. The molecule has 34 heavy (non-hydrogen) atoms. The number of hydrogen-bond acceptors (Lipinski definition) is 2. The van der Waals surface area contributed by atoms with E-state index in [2.05, 4.69) is 86.6 Å². The predicted octanol–water partition coefficient (Wildman–Crippen LogP) is 10.9. The molecule has 2 heteroatoms. The molecule has 0 saturated heterocycles. The van der Waals surface area contributed by atoms with E-state index in [1.165, 1.54) is 92.4 Å². The summed E-state index contributed by atoms with van der Waals surface area (Å²) in [6.45, 7) is 4.62. The summed E-state index contributed by atoms with van der Waals surface area (Å²) in [5, 5.41) is 3.03. The number of benzene rings is 3. The van der Waals surface area contributed by atoms with Crippen LogP contribution in [-0.4, -0.2) is 0 Å². The fourth-order valence-corrected chi connectivity index (χ4v) is 7.60. The standard InChI is InChI=1S/C32H34S2/c1-3-5-9-19-25-26(20-10-6-4-2)28-22-30(24-17-13-8-14-18-24)34-32(28)31-27(25)21-29(33-31)23-15-11-7-12-16-23/h7-8,11-18,21-22H,3-6,9-10,19-20H2,1-2H3. The predicted molar refractivity (Wildman–Crippen MR) is 155 cm³/mol. The molecule has 0 bridgehead atoms. The SMILES string of the molecule is CCCCCc1c(CCCCC)c2cc(-c3ccccc3)sc2c2sc(-c3ccccc3)cc12. The summed E-state index contributed by atoms with van der Waals surface area (Å²) in [7, 11) is 0. The van der Waals surface area contributed by atoms with Crippen molar-refractivity contribution in [2.24, 2.45) is 0 Å². The van der Waals surface area contributed by atoms with Gasteiger partial charge in [0.25, 0.3) is 0 Å². The van der Waals surface area contributed by atoms with Crippen LogP contribution in [0.25, 0.3) is 41.1 Å². The van der Waals surface area contributed by atoms with Gasteiger partial charge < -0.3 is 0 Å². The molecule has 0 aliphatic heterocycles. The molecule has 0 aliphatic carbocycles. The van der Waals surface area contributed by atoms with Gasteiger partial charge in [0.2, 0.25) is 0 Å². The molecule has 0 amide bonds. The van der Waals surface area contributed by atoms with Crippen LogP contribution in [0.2, 0.25) is 0 Å². The number of aryl methyl sites for hydroxylation is 2. The fourth-order valence-electron chi connectivity index (χ4n) is 5.06. The van der Waals surface area contributed by atoms with Crippen molar-refractivity contribution in [2.75, 3.05) is 0 Å². The summed E-state index contributed by atoms with van der Waals surface area (Å²) in [5.41, 5.74) is 5.93. The molecule has 0 atom stereocenters. The summed E-state index contributed by atoms with van der Waals surface area (Å²) in [6.07, 6.45) is 10.1. The number of thiophene rings is 2. The first-order valence-electron chi connectivity index (χ1n) is 12.9. The van der Waals surface area contributed by atoms with E-state index in [9.17, 15) is 0 Å². The van der Waals surface area contributed by atoms with Crippen molar-refractivity contribution < 1.29 is 0 Å². The average Bonchev–Trinajstić information content (AvgIpc) is 3.52. The van der Waals surface area contributed by atoms with Gasteiger partial charge in [-0.15, -0.1) is 22.7 Å². The maximum Gasteiger partial charge on any atom is 0.0530 e. The Labute approximate surface area is 212 Å². The molecule has 0 saturated carbocycles. The molecular formula is C32H34S2. The monoisotopic (exact) mass is 482 g/mol. The molecule has 5 rings (SSSR count). The van der Waals surface area contributed by atoms with Gasteiger partial charge in [-0.2, -0.15) is 0 Å². The Bertz CT molecular complexity index is 1250. The first-order chi connectivity index (χ1) is 16.8.